The van der Waals surface area contributed by atoms with E-state index in [4.69, 9.17) is 0 Å². The number of benzene rings is 1. The maximum atomic E-state index is 3.76. The summed E-state index contributed by atoms with van der Waals surface area (Å²) in [6, 6.07) is 8.60. The topological polar surface area (TPSA) is 38.2 Å². The molecule has 0 atom stereocenters. The van der Waals surface area contributed by atoms with Crippen molar-refractivity contribution in [2.45, 2.75) is 6.42 Å². The van der Waals surface area contributed by atoms with Gasteiger partial charge in [0.2, 0.25) is 0 Å². The van der Waals surface area contributed by atoms with Gasteiger partial charge in [0.05, 0.1) is 0 Å². The molecule has 0 bridgehead atoms. The highest BCUT2D eigenvalue weighted by Gasteiger charge is 2.15. The average Bonchev–Trinajstić information content (AvgIpc) is 2.50. The lowest BCUT2D eigenvalue weighted by molar-refractivity contribution is 0.905. The Hall–Kier alpha value is -1.28. The minimum atomic E-state index is 0. The molecule has 0 aliphatic carbocycles. The molecule has 1 aromatic rings. The Kier molecular flexibility index (Phi) is 3.09. The Labute approximate surface area is 79.5 Å². The van der Waals surface area contributed by atoms with E-state index in [1.165, 1.54) is 17.7 Å². The van der Waals surface area contributed by atoms with Gasteiger partial charge in [-0.1, -0.05) is 24.3 Å². The SMILES string of the molecule is C=CCN1CCc2ccccc21.N. The number of rotatable bonds is 2. The summed E-state index contributed by atoms with van der Waals surface area (Å²) in [4.78, 5) is 2.36. The minimum Gasteiger partial charge on any atom is -0.367 e. The zero-order valence-electron chi connectivity index (χ0n) is 7.87. The van der Waals surface area contributed by atoms with E-state index in [-0.39, 0.29) is 6.15 Å². The van der Waals surface area contributed by atoms with Crippen molar-refractivity contribution in [3.05, 3.63) is 42.5 Å². The summed E-state index contributed by atoms with van der Waals surface area (Å²) in [7, 11) is 0. The van der Waals surface area contributed by atoms with Crippen LogP contribution in [0.3, 0.4) is 0 Å². The minimum absolute atomic E-state index is 0. The van der Waals surface area contributed by atoms with Crippen molar-refractivity contribution >= 4 is 5.69 Å². The largest absolute Gasteiger partial charge is 0.367 e. The predicted octanol–water partition coefficient (Wildman–Crippen LogP) is 2.40. The molecule has 1 aliphatic rings. The smallest absolute Gasteiger partial charge is 0.0402 e. The van der Waals surface area contributed by atoms with E-state index >= 15 is 0 Å². The predicted molar refractivity (Wildman–Crippen MR) is 57.6 cm³/mol. The van der Waals surface area contributed by atoms with E-state index in [0.717, 1.165) is 13.1 Å². The third-order valence-corrected chi connectivity index (χ3v) is 2.33. The average molecular weight is 176 g/mol. The van der Waals surface area contributed by atoms with Crippen molar-refractivity contribution in [3.63, 3.8) is 0 Å². The van der Waals surface area contributed by atoms with Gasteiger partial charge in [-0.2, -0.15) is 0 Å². The summed E-state index contributed by atoms with van der Waals surface area (Å²) >= 11 is 0. The molecule has 3 N–H and O–H groups in total. The van der Waals surface area contributed by atoms with Crippen molar-refractivity contribution in [1.82, 2.24) is 6.15 Å². The standard InChI is InChI=1S/C11H13N.H3N/c1-2-8-12-9-7-10-5-3-4-6-11(10)12;/h2-6H,1,7-9H2;1H3. The number of nitrogens with zero attached hydrogens (tertiary/aromatic N) is 1. The van der Waals surface area contributed by atoms with E-state index in [2.05, 4.69) is 35.7 Å². The Bertz CT molecular complexity index is 294. The molecule has 0 fully saturated rings. The highest BCUT2D eigenvalue weighted by Crippen LogP contribution is 2.26. The molecular formula is C11H16N2. The Morgan fingerprint density at radius 2 is 2.15 bits per heavy atom. The molecule has 0 unspecified atom stereocenters. The fourth-order valence-corrected chi connectivity index (χ4v) is 1.75. The second kappa shape index (κ2) is 4.10. The zero-order chi connectivity index (χ0) is 8.39. The van der Waals surface area contributed by atoms with Crippen molar-refractivity contribution in [3.8, 4) is 0 Å². The Morgan fingerprint density at radius 3 is 2.92 bits per heavy atom. The normalized spacial score (nSPS) is 13.4. The van der Waals surface area contributed by atoms with Crippen LogP contribution in [0.4, 0.5) is 5.69 Å². The Morgan fingerprint density at radius 1 is 1.38 bits per heavy atom. The van der Waals surface area contributed by atoms with Gasteiger partial charge >= 0.3 is 0 Å². The fraction of sp³-hybridized carbons (Fsp3) is 0.273. The third kappa shape index (κ3) is 1.73. The van der Waals surface area contributed by atoms with E-state index in [1.807, 2.05) is 6.08 Å². The zero-order valence-corrected chi connectivity index (χ0v) is 7.87. The number of hydrogen-bond donors (Lipinski definition) is 1. The van der Waals surface area contributed by atoms with Crippen LogP contribution in [0.5, 0.6) is 0 Å². The summed E-state index contributed by atoms with van der Waals surface area (Å²) in [5, 5.41) is 0. The van der Waals surface area contributed by atoms with E-state index < -0.39 is 0 Å². The first kappa shape index (κ1) is 9.81. The molecule has 13 heavy (non-hydrogen) atoms. The number of para-hydroxylation sites is 1. The van der Waals surface area contributed by atoms with E-state index in [9.17, 15) is 0 Å². The van der Waals surface area contributed by atoms with Gasteiger partial charge < -0.3 is 11.1 Å². The summed E-state index contributed by atoms with van der Waals surface area (Å²) in [5.74, 6) is 0. The van der Waals surface area contributed by atoms with Crippen molar-refractivity contribution < 1.29 is 0 Å². The van der Waals surface area contributed by atoms with E-state index in [1.54, 1.807) is 0 Å². The number of anilines is 1. The van der Waals surface area contributed by atoms with E-state index in [0.29, 0.717) is 0 Å². The van der Waals surface area contributed by atoms with Gasteiger partial charge in [-0.05, 0) is 18.1 Å². The molecule has 0 saturated heterocycles. The lowest BCUT2D eigenvalue weighted by Crippen LogP contribution is -2.19. The van der Waals surface area contributed by atoms with Crippen LogP contribution in [-0.2, 0) is 6.42 Å². The monoisotopic (exact) mass is 176 g/mol. The number of hydrogen-bond acceptors (Lipinski definition) is 2. The molecule has 2 heteroatoms. The molecule has 0 aromatic heterocycles. The molecule has 0 saturated carbocycles. The van der Waals surface area contributed by atoms with Crippen LogP contribution in [0.2, 0.25) is 0 Å². The first-order valence-corrected chi connectivity index (χ1v) is 4.35. The number of fused-ring (bicyclic) bond motifs is 1. The fourth-order valence-electron chi connectivity index (χ4n) is 1.75. The molecule has 0 spiro atoms. The Balaban J connectivity index is 0.000000845. The van der Waals surface area contributed by atoms with Gasteiger partial charge in [-0.25, -0.2) is 0 Å². The van der Waals surface area contributed by atoms with Gasteiger partial charge in [0.25, 0.3) is 0 Å². The van der Waals surface area contributed by atoms with Crippen LogP contribution >= 0.6 is 0 Å². The van der Waals surface area contributed by atoms with Crippen LogP contribution in [0.25, 0.3) is 0 Å². The molecule has 2 rings (SSSR count). The van der Waals surface area contributed by atoms with Gasteiger partial charge in [0.15, 0.2) is 0 Å². The van der Waals surface area contributed by atoms with Crippen molar-refractivity contribution in [1.29, 1.82) is 0 Å². The molecule has 1 aromatic carbocycles. The quantitative estimate of drug-likeness (QED) is 0.703. The first-order valence-electron chi connectivity index (χ1n) is 4.35. The lowest BCUT2D eigenvalue weighted by atomic mass is 10.2. The van der Waals surface area contributed by atoms with Gasteiger partial charge in [0, 0.05) is 18.8 Å². The second-order valence-electron chi connectivity index (χ2n) is 3.11. The molecule has 0 radical (unpaired) electrons. The van der Waals surface area contributed by atoms with Crippen LogP contribution in [-0.4, -0.2) is 13.1 Å². The highest BCUT2D eigenvalue weighted by molar-refractivity contribution is 5.58. The lowest BCUT2D eigenvalue weighted by Gasteiger charge is -2.16. The van der Waals surface area contributed by atoms with Gasteiger partial charge in [0.1, 0.15) is 0 Å². The molecule has 70 valence electrons. The summed E-state index contributed by atoms with van der Waals surface area (Å²) in [6.45, 7) is 5.87. The van der Waals surface area contributed by atoms with Gasteiger partial charge in [-0.15, -0.1) is 6.58 Å². The molecule has 2 nitrogen and oxygen atoms in total. The molecule has 1 heterocycles. The van der Waals surface area contributed by atoms with Crippen LogP contribution in [0, 0.1) is 0 Å². The van der Waals surface area contributed by atoms with Gasteiger partial charge in [-0.3, -0.25) is 0 Å². The third-order valence-electron chi connectivity index (χ3n) is 2.33. The summed E-state index contributed by atoms with van der Waals surface area (Å²) < 4.78 is 0. The van der Waals surface area contributed by atoms with Crippen LogP contribution < -0.4 is 11.1 Å². The highest BCUT2D eigenvalue weighted by atomic mass is 15.1. The van der Waals surface area contributed by atoms with Crippen LogP contribution in [0.1, 0.15) is 5.56 Å². The summed E-state index contributed by atoms with van der Waals surface area (Å²) in [6.07, 6.45) is 3.14. The maximum Gasteiger partial charge on any atom is 0.0402 e. The van der Waals surface area contributed by atoms with Crippen molar-refractivity contribution in [2.24, 2.45) is 0 Å². The van der Waals surface area contributed by atoms with Crippen molar-refractivity contribution in [2.75, 3.05) is 18.0 Å². The first-order chi connectivity index (χ1) is 5.92. The maximum absolute atomic E-state index is 3.76. The second-order valence-corrected chi connectivity index (χ2v) is 3.11. The molecule has 1 aliphatic heterocycles. The van der Waals surface area contributed by atoms with Crippen LogP contribution in [0.15, 0.2) is 36.9 Å². The summed E-state index contributed by atoms with van der Waals surface area (Å²) in [5.41, 5.74) is 2.86. The molecular weight excluding hydrogens is 160 g/mol. The molecule has 0 amide bonds.